The lowest BCUT2D eigenvalue weighted by atomic mass is 9.83. The molecule has 4 aromatic carbocycles. The van der Waals surface area contributed by atoms with Gasteiger partial charge < -0.3 is 24.7 Å². The molecule has 1 unspecified atom stereocenters. The zero-order valence-corrected chi connectivity index (χ0v) is 24.8. The fraction of sp³-hybridized carbons (Fsp3) is 0.118. The molecule has 0 saturated heterocycles. The number of aryl methyl sites for hydroxylation is 1. The normalized spacial score (nSPS) is 14.0. The van der Waals surface area contributed by atoms with Gasteiger partial charge in [-0.25, -0.2) is 4.79 Å². The van der Waals surface area contributed by atoms with Gasteiger partial charge in [-0.3, -0.25) is 0 Å². The molecule has 0 aliphatic carbocycles. The second-order valence-electron chi connectivity index (χ2n) is 9.94. The number of allylic oxidation sites excluding steroid dienone is 1. The van der Waals surface area contributed by atoms with Crippen LogP contribution in [0.2, 0.25) is 5.02 Å². The summed E-state index contributed by atoms with van der Waals surface area (Å²) in [4.78, 5) is 13.4. The quantitative estimate of drug-likeness (QED) is 0.148. The van der Waals surface area contributed by atoms with E-state index in [9.17, 15) is 10.1 Å². The molecular weight excluding hydrogens is 584 g/mol. The number of fused-ring (bicyclic) bond motifs is 2. The Hall–Kier alpha value is -4.97. The molecule has 0 saturated carbocycles. The van der Waals surface area contributed by atoms with Gasteiger partial charge in [0.25, 0.3) is 0 Å². The van der Waals surface area contributed by atoms with Crippen LogP contribution in [0.15, 0.2) is 96.4 Å². The van der Waals surface area contributed by atoms with Gasteiger partial charge in [0.2, 0.25) is 5.88 Å². The van der Waals surface area contributed by atoms with Crippen LogP contribution in [0.1, 0.15) is 37.8 Å². The number of hydrogen-bond donors (Lipinski definition) is 1. The van der Waals surface area contributed by atoms with Crippen LogP contribution in [0.25, 0.3) is 10.1 Å². The van der Waals surface area contributed by atoms with Crippen LogP contribution in [0, 0.1) is 18.3 Å². The van der Waals surface area contributed by atoms with Gasteiger partial charge >= 0.3 is 5.97 Å². The summed E-state index contributed by atoms with van der Waals surface area (Å²) in [6.45, 7) is 2.36. The van der Waals surface area contributed by atoms with Gasteiger partial charge in [0, 0.05) is 21.7 Å². The predicted molar refractivity (Wildman–Crippen MR) is 166 cm³/mol. The van der Waals surface area contributed by atoms with Crippen LogP contribution in [0.3, 0.4) is 0 Å². The Labute approximate surface area is 257 Å². The number of carbonyl (C=O) groups excluding carboxylic acids is 1. The molecular formula is C34H25ClN2O5S. The van der Waals surface area contributed by atoms with E-state index < -0.39 is 11.9 Å². The average Bonchev–Trinajstić information content (AvgIpc) is 3.34. The summed E-state index contributed by atoms with van der Waals surface area (Å²) in [7, 11) is 1.56. The standard InChI is InChI=1S/C34H25ClN2O5S/c1-19-8-11-24-29(14-19)43-32(31(24)35)34(38)41-22-10-12-23-27(16-22)42-33(37)25(17-36)30(23)21-9-13-26(28(15-21)39-2)40-18-20-6-4-3-5-7-20/h3-16,30H,18,37H2,1-2H3. The van der Waals surface area contributed by atoms with Crippen LogP contribution in [-0.4, -0.2) is 13.1 Å². The minimum Gasteiger partial charge on any atom is -0.493 e. The van der Waals surface area contributed by atoms with Crippen LogP contribution in [0.4, 0.5) is 0 Å². The van der Waals surface area contributed by atoms with E-state index in [4.69, 9.17) is 36.3 Å². The van der Waals surface area contributed by atoms with Gasteiger partial charge in [-0.1, -0.05) is 66.2 Å². The molecule has 5 aromatic rings. The van der Waals surface area contributed by atoms with Crippen molar-refractivity contribution in [2.45, 2.75) is 19.4 Å². The van der Waals surface area contributed by atoms with E-state index in [-0.39, 0.29) is 17.2 Å². The van der Waals surface area contributed by atoms with Crippen molar-refractivity contribution in [2.75, 3.05) is 7.11 Å². The van der Waals surface area contributed by atoms with Crippen molar-refractivity contribution in [2.24, 2.45) is 5.73 Å². The number of rotatable bonds is 7. The van der Waals surface area contributed by atoms with E-state index in [0.717, 1.165) is 26.8 Å². The van der Waals surface area contributed by atoms with Crippen molar-refractivity contribution in [3.63, 3.8) is 0 Å². The summed E-state index contributed by atoms with van der Waals surface area (Å²) >= 11 is 7.80. The molecule has 0 radical (unpaired) electrons. The van der Waals surface area contributed by atoms with Crippen LogP contribution in [0.5, 0.6) is 23.0 Å². The van der Waals surface area contributed by atoms with Gasteiger partial charge in [-0.05, 0) is 47.9 Å². The van der Waals surface area contributed by atoms with Gasteiger partial charge in [0.15, 0.2) is 11.5 Å². The topological polar surface area (TPSA) is 104 Å². The third kappa shape index (κ3) is 5.48. The summed E-state index contributed by atoms with van der Waals surface area (Å²) in [6, 6.07) is 28.3. The highest BCUT2D eigenvalue weighted by atomic mass is 35.5. The lowest BCUT2D eigenvalue weighted by Crippen LogP contribution is -2.21. The van der Waals surface area contributed by atoms with Crippen molar-refractivity contribution in [1.29, 1.82) is 5.26 Å². The van der Waals surface area contributed by atoms with Crippen molar-refractivity contribution in [3.05, 3.63) is 129 Å². The second-order valence-corrected chi connectivity index (χ2v) is 11.4. The third-order valence-electron chi connectivity index (χ3n) is 7.13. The monoisotopic (exact) mass is 608 g/mol. The molecule has 1 aliphatic heterocycles. The Bertz CT molecular complexity index is 1940. The fourth-order valence-corrected chi connectivity index (χ4v) is 6.50. The highest BCUT2D eigenvalue weighted by Gasteiger charge is 2.32. The van der Waals surface area contributed by atoms with Gasteiger partial charge in [-0.15, -0.1) is 11.3 Å². The van der Waals surface area contributed by atoms with Crippen molar-refractivity contribution < 1.29 is 23.7 Å². The number of carbonyl (C=O) groups is 1. The minimum atomic E-state index is -0.576. The number of benzene rings is 4. The number of hydrogen-bond acceptors (Lipinski definition) is 8. The molecule has 1 aliphatic rings. The number of ether oxygens (including phenoxy) is 4. The molecule has 0 amide bonds. The predicted octanol–water partition coefficient (Wildman–Crippen LogP) is 7.89. The molecule has 1 atom stereocenters. The Balaban J connectivity index is 1.29. The molecule has 7 nitrogen and oxygen atoms in total. The summed E-state index contributed by atoms with van der Waals surface area (Å²) in [5, 5.41) is 11.2. The molecule has 214 valence electrons. The molecule has 9 heteroatoms. The van der Waals surface area contributed by atoms with E-state index in [1.54, 1.807) is 25.3 Å². The van der Waals surface area contributed by atoms with E-state index in [2.05, 4.69) is 6.07 Å². The maximum Gasteiger partial charge on any atom is 0.355 e. The first-order chi connectivity index (χ1) is 20.9. The first-order valence-electron chi connectivity index (χ1n) is 13.3. The molecule has 43 heavy (non-hydrogen) atoms. The van der Waals surface area contributed by atoms with Crippen LogP contribution < -0.4 is 24.7 Å². The number of esters is 1. The lowest BCUT2D eigenvalue weighted by molar-refractivity contribution is 0.0740. The number of methoxy groups -OCH3 is 1. The summed E-state index contributed by atoms with van der Waals surface area (Å²) in [5.41, 5.74) is 10.0. The second kappa shape index (κ2) is 11.7. The van der Waals surface area contributed by atoms with Gasteiger partial charge in [0.1, 0.15) is 34.6 Å². The number of nitrogens with zero attached hydrogens (tertiary/aromatic N) is 1. The third-order valence-corrected chi connectivity index (χ3v) is 8.77. The number of thiophene rings is 1. The Morgan fingerprint density at radius 2 is 1.86 bits per heavy atom. The SMILES string of the molecule is COc1cc(C2C(C#N)=C(N)Oc3cc(OC(=O)c4sc5cc(C)ccc5c4Cl)ccc32)ccc1OCc1ccccc1. The highest BCUT2D eigenvalue weighted by molar-refractivity contribution is 7.21. The molecule has 2 N–H and O–H groups in total. The Morgan fingerprint density at radius 3 is 2.63 bits per heavy atom. The van der Waals surface area contributed by atoms with Crippen LogP contribution >= 0.6 is 22.9 Å². The van der Waals surface area contributed by atoms with E-state index >= 15 is 0 Å². The average molecular weight is 609 g/mol. The molecule has 6 rings (SSSR count). The zero-order valence-electron chi connectivity index (χ0n) is 23.2. The van der Waals surface area contributed by atoms with E-state index in [0.29, 0.717) is 39.3 Å². The van der Waals surface area contributed by atoms with Crippen molar-refractivity contribution >= 4 is 39.0 Å². The molecule has 0 fully saturated rings. The maximum atomic E-state index is 13.1. The Morgan fingerprint density at radius 1 is 1.05 bits per heavy atom. The van der Waals surface area contributed by atoms with Gasteiger partial charge in [-0.2, -0.15) is 5.26 Å². The first-order valence-corrected chi connectivity index (χ1v) is 14.5. The molecule has 0 spiro atoms. The first kappa shape index (κ1) is 28.2. The molecule has 0 bridgehead atoms. The van der Waals surface area contributed by atoms with Crippen molar-refractivity contribution in [3.8, 4) is 29.1 Å². The summed E-state index contributed by atoms with van der Waals surface area (Å²) < 4.78 is 24.1. The highest BCUT2D eigenvalue weighted by Crippen LogP contribution is 2.45. The lowest BCUT2D eigenvalue weighted by Gasteiger charge is -2.27. The van der Waals surface area contributed by atoms with E-state index in [1.165, 1.54) is 11.3 Å². The number of nitriles is 1. The smallest absolute Gasteiger partial charge is 0.355 e. The number of halogens is 1. The molecule has 2 heterocycles. The fourth-order valence-electron chi connectivity index (χ4n) is 5.02. The summed E-state index contributed by atoms with van der Waals surface area (Å²) in [5.74, 6) is 0.545. The maximum absolute atomic E-state index is 13.1. The largest absolute Gasteiger partial charge is 0.493 e. The van der Waals surface area contributed by atoms with E-state index in [1.807, 2.05) is 73.7 Å². The summed E-state index contributed by atoms with van der Waals surface area (Å²) in [6.07, 6.45) is 0. The minimum absolute atomic E-state index is 0.0326. The van der Waals surface area contributed by atoms with Crippen molar-refractivity contribution in [1.82, 2.24) is 0 Å². The number of nitrogens with two attached hydrogens (primary N) is 1. The van der Waals surface area contributed by atoms with Gasteiger partial charge in [0.05, 0.1) is 18.1 Å². The Kier molecular flexibility index (Phi) is 7.68. The van der Waals surface area contributed by atoms with Crippen LogP contribution in [-0.2, 0) is 6.61 Å². The molecule has 1 aromatic heterocycles. The zero-order chi connectivity index (χ0) is 30.1.